The van der Waals surface area contributed by atoms with E-state index in [0.29, 0.717) is 29.5 Å². The van der Waals surface area contributed by atoms with Crippen molar-refractivity contribution in [3.63, 3.8) is 0 Å². The molecule has 11 heteroatoms. The lowest BCUT2D eigenvalue weighted by Gasteiger charge is -2.33. The van der Waals surface area contributed by atoms with Gasteiger partial charge in [0.25, 0.3) is 10.0 Å². The normalized spacial score (nSPS) is 11.8. The molecule has 0 saturated heterocycles. The Kier molecular flexibility index (Phi) is 10.8. The average Bonchev–Trinajstić information content (AvgIpc) is 2.96. The van der Waals surface area contributed by atoms with Gasteiger partial charge in [-0.1, -0.05) is 30.7 Å². The zero-order valence-electron chi connectivity index (χ0n) is 23.0. The van der Waals surface area contributed by atoms with Crippen LogP contribution in [0.5, 0.6) is 11.5 Å². The Hall–Kier alpha value is -3.76. The van der Waals surface area contributed by atoms with Crippen molar-refractivity contribution >= 4 is 39.1 Å². The fourth-order valence-corrected chi connectivity index (χ4v) is 5.69. The average molecular weight is 588 g/mol. The van der Waals surface area contributed by atoms with E-state index in [1.165, 1.54) is 48.4 Å². The number of likely N-dealkylation sites (N-methyl/N-ethyl adjacent to an activating group) is 1. The summed E-state index contributed by atoms with van der Waals surface area (Å²) in [5.74, 6) is 0.284. The first kappa shape index (κ1) is 30.8. The number of benzene rings is 3. The van der Waals surface area contributed by atoms with E-state index in [4.69, 9.17) is 21.1 Å². The van der Waals surface area contributed by atoms with Gasteiger partial charge in [0.1, 0.15) is 24.1 Å². The van der Waals surface area contributed by atoms with Gasteiger partial charge < -0.3 is 19.7 Å². The maximum atomic E-state index is 14.0. The van der Waals surface area contributed by atoms with Crippen molar-refractivity contribution in [2.45, 2.75) is 37.8 Å². The Morgan fingerprint density at radius 3 is 1.93 bits per heavy atom. The molecular formula is C29H34ClN3O6S. The molecule has 0 spiro atoms. The predicted octanol–water partition coefficient (Wildman–Crippen LogP) is 4.50. The molecule has 9 nitrogen and oxygen atoms in total. The Bertz CT molecular complexity index is 1380. The minimum absolute atomic E-state index is 0.0199. The summed E-state index contributed by atoms with van der Waals surface area (Å²) in [7, 11) is -1.15. The van der Waals surface area contributed by atoms with Gasteiger partial charge in [-0.15, -0.1) is 0 Å². The Balaban J connectivity index is 2.04. The molecule has 40 heavy (non-hydrogen) atoms. The first-order chi connectivity index (χ1) is 19.1. The van der Waals surface area contributed by atoms with Crippen LogP contribution < -0.4 is 19.1 Å². The molecule has 0 saturated carbocycles. The summed E-state index contributed by atoms with van der Waals surface area (Å²) in [6, 6.07) is 18.4. The van der Waals surface area contributed by atoms with Gasteiger partial charge in [-0.2, -0.15) is 0 Å². The molecule has 214 valence electrons. The largest absolute Gasteiger partial charge is 0.497 e. The number of amides is 2. The van der Waals surface area contributed by atoms with Crippen molar-refractivity contribution in [2.75, 3.05) is 31.6 Å². The summed E-state index contributed by atoms with van der Waals surface area (Å²) in [5, 5.41) is 3.20. The molecule has 0 bridgehead atoms. The molecule has 0 aromatic heterocycles. The number of methoxy groups -OCH3 is 2. The standard InChI is InChI=1S/C29H34ClN3O6S/c1-5-27(29(35)31-6-2)32(19-21-7-13-24(38-3)14-8-21)28(34)20-33(23-11-9-22(30)10-12-23)40(36,37)26-17-15-25(39-4)16-18-26/h7-18,27H,5-6,19-20H2,1-4H3,(H,31,35). The van der Waals surface area contributed by atoms with Crippen molar-refractivity contribution < 1.29 is 27.5 Å². The van der Waals surface area contributed by atoms with E-state index in [1.807, 2.05) is 0 Å². The van der Waals surface area contributed by atoms with Crippen LogP contribution in [0, 0.1) is 0 Å². The van der Waals surface area contributed by atoms with Gasteiger partial charge in [0.05, 0.1) is 24.8 Å². The molecule has 0 aliphatic carbocycles. The van der Waals surface area contributed by atoms with Gasteiger partial charge >= 0.3 is 0 Å². The number of halogens is 1. The molecule has 3 aromatic rings. The molecule has 1 unspecified atom stereocenters. The second-order valence-corrected chi connectivity index (χ2v) is 11.2. The number of rotatable bonds is 13. The predicted molar refractivity (Wildman–Crippen MR) is 155 cm³/mol. The van der Waals surface area contributed by atoms with Crippen LogP contribution in [-0.2, 0) is 26.2 Å². The molecule has 0 radical (unpaired) electrons. The fraction of sp³-hybridized carbons (Fsp3) is 0.310. The Labute approximate surface area is 240 Å². The third-order valence-electron chi connectivity index (χ3n) is 6.29. The van der Waals surface area contributed by atoms with Crippen LogP contribution in [0.2, 0.25) is 5.02 Å². The van der Waals surface area contributed by atoms with Crippen molar-refractivity contribution in [2.24, 2.45) is 0 Å². The number of anilines is 1. The molecule has 3 rings (SSSR count). The quantitative estimate of drug-likeness (QED) is 0.316. The van der Waals surface area contributed by atoms with Crippen LogP contribution in [0.15, 0.2) is 77.7 Å². The smallest absolute Gasteiger partial charge is 0.264 e. The molecule has 1 atom stereocenters. The summed E-state index contributed by atoms with van der Waals surface area (Å²) in [5.41, 5.74) is 1.01. The van der Waals surface area contributed by atoms with E-state index in [-0.39, 0.29) is 23.0 Å². The molecule has 2 amide bonds. The van der Waals surface area contributed by atoms with Gasteiger partial charge in [-0.25, -0.2) is 8.42 Å². The van der Waals surface area contributed by atoms with Gasteiger partial charge in [-0.3, -0.25) is 13.9 Å². The maximum absolute atomic E-state index is 14.0. The van der Waals surface area contributed by atoms with Crippen molar-refractivity contribution in [3.8, 4) is 11.5 Å². The molecular weight excluding hydrogens is 554 g/mol. The minimum atomic E-state index is -4.20. The molecule has 0 heterocycles. The molecule has 3 aromatic carbocycles. The number of hydrogen-bond acceptors (Lipinski definition) is 6. The summed E-state index contributed by atoms with van der Waals surface area (Å²) in [6.07, 6.45) is 0.333. The van der Waals surface area contributed by atoms with Crippen LogP contribution in [0.3, 0.4) is 0 Å². The maximum Gasteiger partial charge on any atom is 0.264 e. The second-order valence-electron chi connectivity index (χ2n) is 8.85. The third-order valence-corrected chi connectivity index (χ3v) is 8.33. The highest BCUT2D eigenvalue weighted by molar-refractivity contribution is 7.92. The third kappa shape index (κ3) is 7.45. The Morgan fingerprint density at radius 1 is 0.875 bits per heavy atom. The monoisotopic (exact) mass is 587 g/mol. The number of sulfonamides is 1. The first-order valence-corrected chi connectivity index (χ1v) is 14.6. The van der Waals surface area contributed by atoms with E-state index in [1.54, 1.807) is 57.4 Å². The van der Waals surface area contributed by atoms with E-state index in [9.17, 15) is 18.0 Å². The van der Waals surface area contributed by atoms with E-state index in [0.717, 1.165) is 9.87 Å². The number of nitrogens with one attached hydrogen (secondary N) is 1. The first-order valence-electron chi connectivity index (χ1n) is 12.8. The molecule has 0 fully saturated rings. The summed E-state index contributed by atoms with van der Waals surface area (Å²) in [4.78, 5) is 28.4. The van der Waals surface area contributed by atoms with E-state index >= 15 is 0 Å². The fourth-order valence-electron chi connectivity index (χ4n) is 4.15. The van der Waals surface area contributed by atoms with Crippen LogP contribution in [0.1, 0.15) is 25.8 Å². The number of nitrogens with zero attached hydrogens (tertiary/aromatic N) is 2. The van der Waals surface area contributed by atoms with Crippen molar-refractivity contribution in [1.29, 1.82) is 0 Å². The molecule has 0 aliphatic rings. The summed E-state index contributed by atoms with van der Waals surface area (Å²) >= 11 is 6.06. The van der Waals surface area contributed by atoms with Crippen LogP contribution in [-0.4, -0.2) is 58.5 Å². The van der Waals surface area contributed by atoms with Gasteiger partial charge in [0.2, 0.25) is 11.8 Å². The molecule has 1 N–H and O–H groups in total. The summed E-state index contributed by atoms with van der Waals surface area (Å²) in [6.45, 7) is 3.55. The lowest BCUT2D eigenvalue weighted by molar-refractivity contribution is -0.140. The van der Waals surface area contributed by atoms with Gasteiger partial charge in [-0.05, 0) is 79.6 Å². The highest BCUT2D eigenvalue weighted by Gasteiger charge is 2.33. The van der Waals surface area contributed by atoms with Crippen molar-refractivity contribution in [3.05, 3.63) is 83.4 Å². The zero-order chi connectivity index (χ0) is 29.3. The highest BCUT2D eigenvalue weighted by atomic mass is 35.5. The van der Waals surface area contributed by atoms with E-state index < -0.39 is 28.5 Å². The topological polar surface area (TPSA) is 105 Å². The number of ether oxygens (including phenoxy) is 2. The lowest BCUT2D eigenvalue weighted by atomic mass is 10.1. The van der Waals surface area contributed by atoms with Gasteiger partial charge in [0, 0.05) is 18.1 Å². The molecule has 0 aliphatic heterocycles. The number of hydrogen-bond donors (Lipinski definition) is 1. The van der Waals surface area contributed by atoms with Gasteiger partial charge in [0.15, 0.2) is 0 Å². The lowest BCUT2D eigenvalue weighted by Crippen LogP contribution is -2.52. The zero-order valence-corrected chi connectivity index (χ0v) is 24.5. The Morgan fingerprint density at radius 2 is 1.43 bits per heavy atom. The van der Waals surface area contributed by atoms with E-state index in [2.05, 4.69) is 5.32 Å². The van der Waals surface area contributed by atoms with Crippen LogP contribution in [0.4, 0.5) is 5.69 Å². The minimum Gasteiger partial charge on any atom is -0.497 e. The SMILES string of the molecule is CCNC(=O)C(CC)N(Cc1ccc(OC)cc1)C(=O)CN(c1ccc(Cl)cc1)S(=O)(=O)c1ccc(OC)cc1. The number of carbonyl (C=O) groups is 2. The highest BCUT2D eigenvalue weighted by Crippen LogP contribution is 2.27. The van der Waals surface area contributed by atoms with Crippen molar-refractivity contribution in [1.82, 2.24) is 10.2 Å². The number of carbonyl (C=O) groups excluding carboxylic acids is 2. The van der Waals surface area contributed by atoms with Crippen LogP contribution >= 0.6 is 11.6 Å². The van der Waals surface area contributed by atoms with Crippen LogP contribution in [0.25, 0.3) is 0 Å². The summed E-state index contributed by atoms with van der Waals surface area (Å²) < 4.78 is 39.2. The second kappa shape index (κ2) is 14.0.